The number of halogens is 1. The number of para-hydroxylation sites is 2. The molecule has 0 atom stereocenters. The first-order valence-corrected chi connectivity index (χ1v) is 10.8. The smallest absolute Gasteiger partial charge is 0.191 e. The van der Waals surface area contributed by atoms with Crippen LogP contribution in [0, 0.1) is 5.82 Å². The Morgan fingerprint density at radius 2 is 2.04 bits per heavy atom. The fraction of sp³-hybridized carbons (Fsp3) is 0.333. The van der Waals surface area contributed by atoms with Gasteiger partial charge in [-0.15, -0.1) is 0 Å². The Morgan fingerprint density at radius 3 is 2.82 bits per heavy atom. The Bertz CT molecular complexity index is 904. The van der Waals surface area contributed by atoms with Crippen LogP contribution in [0.4, 0.5) is 4.39 Å². The molecule has 0 amide bonds. The molecule has 5 nitrogen and oxygen atoms in total. The summed E-state index contributed by atoms with van der Waals surface area (Å²) in [7, 11) is 0. The van der Waals surface area contributed by atoms with E-state index in [9.17, 15) is 4.39 Å². The van der Waals surface area contributed by atoms with Crippen molar-refractivity contribution in [1.29, 1.82) is 0 Å². The van der Waals surface area contributed by atoms with Crippen molar-refractivity contribution in [2.75, 3.05) is 19.3 Å². The van der Waals surface area contributed by atoms with Crippen LogP contribution < -0.4 is 10.6 Å². The molecule has 3 aromatic rings. The minimum atomic E-state index is -0.201. The maximum absolute atomic E-state index is 13.5. The molecule has 0 fully saturated rings. The lowest BCUT2D eigenvalue weighted by molar-refractivity contribution is 0.625. The molecule has 0 bridgehead atoms. The van der Waals surface area contributed by atoms with Crippen LogP contribution in [0.1, 0.15) is 23.9 Å². The molecule has 3 N–H and O–H groups in total. The highest BCUT2D eigenvalue weighted by molar-refractivity contribution is 7.97. The fourth-order valence-corrected chi connectivity index (χ4v) is 3.55. The van der Waals surface area contributed by atoms with E-state index in [1.807, 2.05) is 43.5 Å². The van der Waals surface area contributed by atoms with Crippen molar-refractivity contribution in [3.8, 4) is 0 Å². The van der Waals surface area contributed by atoms with Crippen LogP contribution >= 0.6 is 11.8 Å². The molecule has 0 saturated carbocycles. The van der Waals surface area contributed by atoms with Gasteiger partial charge in [0, 0.05) is 25.3 Å². The van der Waals surface area contributed by atoms with E-state index in [0.29, 0.717) is 13.1 Å². The van der Waals surface area contributed by atoms with Crippen LogP contribution in [0.15, 0.2) is 47.5 Å². The zero-order valence-electron chi connectivity index (χ0n) is 16.3. The van der Waals surface area contributed by atoms with Crippen molar-refractivity contribution >= 4 is 28.8 Å². The third kappa shape index (κ3) is 5.48. The highest BCUT2D eigenvalue weighted by atomic mass is 32.2. The summed E-state index contributed by atoms with van der Waals surface area (Å²) in [5.74, 6) is 2.27. The second-order valence-electron chi connectivity index (χ2n) is 6.42. The number of H-pyrrole nitrogens is 1. The van der Waals surface area contributed by atoms with Gasteiger partial charge in [0.15, 0.2) is 5.96 Å². The molecule has 0 aliphatic heterocycles. The Balaban J connectivity index is 1.61. The average Bonchev–Trinajstić information content (AvgIpc) is 3.10. The lowest BCUT2D eigenvalue weighted by atomic mass is 10.1. The third-order valence-electron chi connectivity index (χ3n) is 4.31. The quantitative estimate of drug-likeness (QED) is 0.397. The van der Waals surface area contributed by atoms with Gasteiger partial charge in [-0.1, -0.05) is 18.2 Å². The molecule has 2 aromatic carbocycles. The number of nitrogens with one attached hydrogen (secondary N) is 3. The number of benzene rings is 2. The summed E-state index contributed by atoms with van der Waals surface area (Å²) in [5.41, 5.74) is 4.08. The van der Waals surface area contributed by atoms with Gasteiger partial charge in [0.05, 0.1) is 17.6 Å². The van der Waals surface area contributed by atoms with Crippen LogP contribution in [0.5, 0.6) is 0 Å². The highest BCUT2D eigenvalue weighted by Crippen LogP contribution is 2.17. The van der Waals surface area contributed by atoms with Gasteiger partial charge in [0.1, 0.15) is 11.6 Å². The van der Waals surface area contributed by atoms with Gasteiger partial charge in [0.2, 0.25) is 0 Å². The second-order valence-corrected chi connectivity index (χ2v) is 7.28. The first-order chi connectivity index (χ1) is 13.7. The molecule has 0 radical (unpaired) electrons. The summed E-state index contributed by atoms with van der Waals surface area (Å²) < 4.78 is 13.5. The first kappa shape index (κ1) is 20.2. The molecule has 0 saturated heterocycles. The van der Waals surface area contributed by atoms with E-state index in [2.05, 4.69) is 25.6 Å². The molecule has 0 aliphatic rings. The number of rotatable bonds is 8. The van der Waals surface area contributed by atoms with E-state index in [0.717, 1.165) is 52.7 Å². The van der Waals surface area contributed by atoms with E-state index in [1.54, 1.807) is 17.8 Å². The third-order valence-corrected chi connectivity index (χ3v) is 4.91. The normalized spacial score (nSPS) is 11.8. The Hall–Kier alpha value is -2.54. The van der Waals surface area contributed by atoms with E-state index in [-0.39, 0.29) is 5.82 Å². The summed E-state index contributed by atoms with van der Waals surface area (Å²) >= 11 is 1.68. The first-order valence-electron chi connectivity index (χ1n) is 9.41. The molecule has 1 aromatic heterocycles. The summed E-state index contributed by atoms with van der Waals surface area (Å²) in [6.45, 7) is 4.04. The Labute approximate surface area is 169 Å². The number of aromatic amines is 1. The number of imidazole rings is 1. The maximum Gasteiger partial charge on any atom is 0.191 e. The molecule has 3 rings (SSSR count). The van der Waals surface area contributed by atoms with Gasteiger partial charge < -0.3 is 15.6 Å². The van der Waals surface area contributed by atoms with E-state index in [4.69, 9.17) is 0 Å². The molecule has 0 spiro atoms. The van der Waals surface area contributed by atoms with Gasteiger partial charge in [-0.3, -0.25) is 0 Å². The largest absolute Gasteiger partial charge is 0.357 e. The van der Waals surface area contributed by atoms with Crippen molar-refractivity contribution in [1.82, 2.24) is 20.6 Å². The number of aliphatic imine (C=N–C) groups is 1. The summed E-state index contributed by atoms with van der Waals surface area (Å²) in [5, 5.41) is 6.60. The SMILES string of the molecule is CCNC(=NCc1ccc(F)cc1CSC)NCCc1nc2ccccc2[nH]1. The Kier molecular flexibility index (Phi) is 7.31. The molecule has 1 heterocycles. The molecular formula is C21H26FN5S. The van der Waals surface area contributed by atoms with E-state index >= 15 is 0 Å². The average molecular weight is 400 g/mol. The predicted molar refractivity (Wildman–Crippen MR) is 116 cm³/mol. The van der Waals surface area contributed by atoms with Crippen LogP contribution in [-0.4, -0.2) is 35.3 Å². The number of hydrogen-bond donors (Lipinski definition) is 3. The highest BCUT2D eigenvalue weighted by Gasteiger charge is 2.06. The van der Waals surface area contributed by atoms with E-state index in [1.165, 1.54) is 6.07 Å². The molecule has 0 unspecified atom stereocenters. The summed E-state index contributed by atoms with van der Waals surface area (Å²) in [6.07, 6.45) is 2.79. The zero-order valence-corrected chi connectivity index (χ0v) is 17.1. The van der Waals surface area contributed by atoms with Crippen molar-refractivity contribution in [3.05, 3.63) is 65.2 Å². The van der Waals surface area contributed by atoms with Crippen molar-refractivity contribution in [3.63, 3.8) is 0 Å². The topological polar surface area (TPSA) is 65.1 Å². The van der Waals surface area contributed by atoms with E-state index < -0.39 is 0 Å². The number of hydrogen-bond acceptors (Lipinski definition) is 3. The molecule has 28 heavy (non-hydrogen) atoms. The molecule has 148 valence electrons. The van der Waals surface area contributed by atoms with Crippen LogP contribution in [0.2, 0.25) is 0 Å². The van der Waals surface area contributed by atoms with Crippen LogP contribution in [-0.2, 0) is 18.7 Å². The minimum Gasteiger partial charge on any atom is -0.357 e. The number of nitrogens with zero attached hydrogens (tertiary/aromatic N) is 2. The fourth-order valence-electron chi connectivity index (χ4n) is 2.97. The van der Waals surface area contributed by atoms with Crippen molar-refractivity contribution in [2.24, 2.45) is 4.99 Å². The lowest BCUT2D eigenvalue weighted by Crippen LogP contribution is -2.38. The van der Waals surface area contributed by atoms with Gasteiger partial charge in [-0.25, -0.2) is 14.4 Å². The number of fused-ring (bicyclic) bond motifs is 1. The summed E-state index contributed by atoms with van der Waals surface area (Å²) in [6, 6.07) is 12.9. The lowest BCUT2D eigenvalue weighted by Gasteiger charge is -2.12. The van der Waals surface area contributed by atoms with Gasteiger partial charge in [-0.05, 0) is 48.6 Å². The monoisotopic (exact) mass is 399 g/mol. The van der Waals surface area contributed by atoms with Crippen molar-refractivity contribution in [2.45, 2.75) is 25.6 Å². The van der Waals surface area contributed by atoms with Crippen molar-refractivity contribution < 1.29 is 4.39 Å². The molecule has 0 aliphatic carbocycles. The summed E-state index contributed by atoms with van der Waals surface area (Å²) in [4.78, 5) is 12.6. The second kappa shape index (κ2) is 10.1. The van der Waals surface area contributed by atoms with Gasteiger partial charge in [-0.2, -0.15) is 11.8 Å². The molecule has 7 heteroatoms. The predicted octanol–water partition coefficient (Wildman–Crippen LogP) is 3.86. The number of thioether (sulfide) groups is 1. The number of guanidine groups is 1. The number of aromatic nitrogens is 2. The van der Waals surface area contributed by atoms with Gasteiger partial charge >= 0.3 is 0 Å². The Morgan fingerprint density at radius 1 is 1.18 bits per heavy atom. The van der Waals surface area contributed by atoms with Crippen LogP contribution in [0.25, 0.3) is 11.0 Å². The maximum atomic E-state index is 13.5. The minimum absolute atomic E-state index is 0.201. The molecular weight excluding hydrogens is 373 g/mol. The van der Waals surface area contributed by atoms with Crippen LogP contribution in [0.3, 0.4) is 0 Å². The van der Waals surface area contributed by atoms with Gasteiger partial charge in [0.25, 0.3) is 0 Å². The zero-order chi connectivity index (χ0) is 19.8. The standard InChI is InChI=1S/C21H26FN5S/c1-3-23-21(25-13-15-8-9-17(22)12-16(15)14-28-2)24-11-10-20-26-18-6-4-5-7-19(18)27-20/h4-9,12H,3,10-11,13-14H2,1-2H3,(H,26,27)(H2,23,24,25).